The van der Waals surface area contributed by atoms with Crippen LogP contribution in [-0.4, -0.2) is 111 Å². The maximum atomic E-state index is 14.2. The van der Waals surface area contributed by atoms with Gasteiger partial charge in [0.2, 0.25) is 11.8 Å². The molecule has 0 bridgehead atoms. The van der Waals surface area contributed by atoms with E-state index in [0.29, 0.717) is 11.4 Å². The number of aliphatic carboxylic acids is 1. The molecule has 50 heavy (non-hydrogen) atoms. The second-order valence-electron chi connectivity index (χ2n) is 13.7. The van der Waals surface area contributed by atoms with Crippen molar-refractivity contribution < 1.29 is 33.8 Å². The zero-order chi connectivity index (χ0) is 36.5. The second kappa shape index (κ2) is 18.4. The molecular formula is C34H50N6O7S3. The third kappa shape index (κ3) is 10.7. The minimum atomic E-state index is -0.955. The molecule has 2 aliphatic heterocycles. The molecule has 0 aromatic carbocycles. The van der Waals surface area contributed by atoms with Gasteiger partial charge in [-0.05, 0) is 50.3 Å². The van der Waals surface area contributed by atoms with Crippen LogP contribution in [0.2, 0.25) is 0 Å². The number of aromatic nitrogens is 2. The summed E-state index contributed by atoms with van der Waals surface area (Å²) < 4.78 is 5.75. The average Bonchev–Trinajstić information content (AvgIpc) is 3.74. The molecule has 2 aliphatic rings. The Morgan fingerprint density at radius 3 is 2.42 bits per heavy atom. The number of carboxylic acids is 1. The number of piperidine rings is 1. The van der Waals surface area contributed by atoms with Gasteiger partial charge in [0.25, 0.3) is 5.91 Å². The summed E-state index contributed by atoms with van der Waals surface area (Å²) in [4.78, 5) is 77.4. The Morgan fingerprint density at radius 1 is 1.10 bits per heavy atom. The molecule has 3 amide bonds. The van der Waals surface area contributed by atoms with Crippen LogP contribution >= 0.6 is 34.4 Å². The minimum absolute atomic E-state index is 0.0304. The topological polar surface area (TPSA) is 171 Å². The van der Waals surface area contributed by atoms with E-state index in [-0.39, 0.29) is 54.3 Å². The Hall–Kier alpha value is -3.08. The van der Waals surface area contributed by atoms with Gasteiger partial charge in [-0.1, -0.05) is 27.2 Å². The first-order valence-electron chi connectivity index (χ1n) is 17.1. The van der Waals surface area contributed by atoms with Crippen LogP contribution in [0.15, 0.2) is 17.0 Å². The highest BCUT2D eigenvalue weighted by Crippen LogP contribution is 2.33. The number of nitrogens with one attached hydrogen (secondary N) is 2. The number of amides is 3. The van der Waals surface area contributed by atoms with Gasteiger partial charge in [-0.25, -0.2) is 9.97 Å². The van der Waals surface area contributed by atoms with Gasteiger partial charge in [-0.15, -0.1) is 22.7 Å². The fraction of sp³-hybridized carbons (Fsp3) is 0.676. The zero-order valence-corrected chi connectivity index (χ0v) is 32.1. The molecule has 16 heteroatoms. The molecule has 4 rings (SSSR count). The fourth-order valence-corrected chi connectivity index (χ4v) is 8.88. The van der Waals surface area contributed by atoms with Crippen molar-refractivity contribution in [1.82, 2.24) is 30.4 Å². The Kier molecular flexibility index (Phi) is 14.6. The lowest BCUT2D eigenvalue weighted by molar-refractivity contribution is -0.149. The number of hydrogen-bond acceptors (Lipinski definition) is 12. The van der Waals surface area contributed by atoms with E-state index in [1.54, 1.807) is 42.2 Å². The number of carboxylic acid groups (broad SMARTS) is 1. The number of thiazole rings is 2. The molecule has 6 atom stereocenters. The highest BCUT2D eigenvalue weighted by molar-refractivity contribution is 8.00. The van der Waals surface area contributed by atoms with Gasteiger partial charge in [-0.3, -0.25) is 28.9 Å². The van der Waals surface area contributed by atoms with Crippen LogP contribution in [0.25, 0.3) is 0 Å². The van der Waals surface area contributed by atoms with Crippen LogP contribution in [0.4, 0.5) is 0 Å². The van der Waals surface area contributed by atoms with E-state index in [1.165, 1.54) is 29.6 Å². The molecule has 0 aliphatic carbocycles. The molecule has 4 heterocycles. The van der Waals surface area contributed by atoms with E-state index in [1.807, 2.05) is 26.3 Å². The number of carbonyl (C=O) groups excluding carboxylic acids is 4. The van der Waals surface area contributed by atoms with Gasteiger partial charge in [0.05, 0.1) is 17.0 Å². The van der Waals surface area contributed by atoms with E-state index >= 15 is 0 Å². The quantitative estimate of drug-likeness (QED) is 0.201. The predicted molar refractivity (Wildman–Crippen MR) is 194 cm³/mol. The van der Waals surface area contributed by atoms with Gasteiger partial charge in [-0.2, -0.15) is 11.8 Å². The normalized spacial score (nSPS) is 19.8. The first-order valence-corrected chi connectivity index (χ1v) is 20.1. The minimum Gasteiger partial charge on any atom is -0.481 e. The molecule has 0 spiro atoms. The Balaban J connectivity index is 1.49. The summed E-state index contributed by atoms with van der Waals surface area (Å²) in [7, 11) is 3.68. The molecule has 3 N–H and O–H groups in total. The molecule has 0 radical (unpaired) electrons. The lowest BCUT2D eigenvalue weighted by Crippen LogP contribution is -2.60. The van der Waals surface area contributed by atoms with Crippen LogP contribution in [0.5, 0.6) is 0 Å². The third-order valence-electron chi connectivity index (χ3n) is 9.48. The number of likely N-dealkylation sites (tertiary alicyclic amines) is 1. The molecule has 0 unspecified atom stereocenters. The van der Waals surface area contributed by atoms with Crippen molar-refractivity contribution in [2.24, 2.45) is 17.8 Å². The Labute approximate surface area is 306 Å². The van der Waals surface area contributed by atoms with E-state index in [9.17, 15) is 29.1 Å². The number of ether oxygens (including phenoxy) is 1. The van der Waals surface area contributed by atoms with Gasteiger partial charge in [0.1, 0.15) is 16.7 Å². The van der Waals surface area contributed by atoms with Crippen LogP contribution in [0.3, 0.4) is 0 Å². The summed E-state index contributed by atoms with van der Waals surface area (Å²) in [5.74, 6) is -1.35. The largest absolute Gasteiger partial charge is 0.481 e. The summed E-state index contributed by atoms with van der Waals surface area (Å²) >= 11 is 4.36. The van der Waals surface area contributed by atoms with Crippen LogP contribution < -0.4 is 10.6 Å². The van der Waals surface area contributed by atoms with Crippen molar-refractivity contribution in [2.75, 3.05) is 32.1 Å². The maximum absolute atomic E-state index is 14.2. The number of carbonyl (C=O) groups is 5. The second-order valence-corrected chi connectivity index (χ2v) is 16.7. The van der Waals surface area contributed by atoms with E-state index in [0.717, 1.165) is 42.3 Å². The third-order valence-corrected chi connectivity index (χ3v) is 12.5. The fourth-order valence-electron chi connectivity index (χ4n) is 6.45. The smallest absolute Gasteiger partial charge is 0.306 e. The monoisotopic (exact) mass is 750 g/mol. The summed E-state index contributed by atoms with van der Waals surface area (Å²) in [6.07, 6.45) is 4.45. The Bertz CT molecular complexity index is 1470. The predicted octanol–water partition coefficient (Wildman–Crippen LogP) is 3.86. The van der Waals surface area contributed by atoms with E-state index in [4.69, 9.17) is 4.74 Å². The SMILES string of the molecule is CC(=O)O[C@H](C[C@H](C(C)C)N(C)C(=O)[C@@H](NC(=O)[C@H]1CCCCN1C)C1CSC1)c1nc(C(=O)N[C@@H](Cc2nccs2)C[C@H](C)C(=O)O)cs1. The molecule has 13 nitrogen and oxygen atoms in total. The molecule has 2 saturated heterocycles. The Morgan fingerprint density at radius 2 is 1.84 bits per heavy atom. The molecule has 0 saturated carbocycles. The lowest BCUT2D eigenvalue weighted by Gasteiger charge is -2.40. The van der Waals surface area contributed by atoms with Crippen molar-refractivity contribution >= 4 is 64.1 Å². The summed E-state index contributed by atoms with van der Waals surface area (Å²) in [5.41, 5.74) is 0.123. The van der Waals surface area contributed by atoms with Crippen molar-refractivity contribution in [3.8, 4) is 0 Å². The van der Waals surface area contributed by atoms with Gasteiger partial charge < -0.3 is 25.4 Å². The zero-order valence-electron chi connectivity index (χ0n) is 29.6. The highest BCUT2D eigenvalue weighted by Gasteiger charge is 2.41. The lowest BCUT2D eigenvalue weighted by atomic mass is 9.93. The number of thioether (sulfide) groups is 1. The first kappa shape index (κ1) is 39.7. The number of hydrogen-bond donors (Lipinski definition) is 3. The van der Waals surface area contributed by atoms with E-state index < -0.39 is 42.0 Å². The highest BCUT2D eigenvalue weighted by atomic mass is 32.2. The number of esters is 1. The van der Waals surface area contributed by atoms with Gasteiger partial charge in [0.15, 0.2) is 6.10 Å². The number of likely N-dealkylation sites (N-methyl/N-ethyl adjacent to an activating group) is 2. The summed E-state index contributed by atoms with van der Waals surface area (Å²) in [6.45, 7) is 7.73. The standard InChI is InChI=1S/C34H50N6O7S3/c1-19(2)26(40(6)33(44)29(22-16-48-17-22)38-31(43)25-9-7-8-11-39(25)5)15-27(47-21(4)41)32-37-24(18-50-32)30(42)36-23(13-20(3)34(45)46)14-28-35-10-12-49-28/h10,12,18-20,22-23,25-27,29H,7-9,11,13-17H2,1-6H3,(H,36,42)(H,38,43)(H,45,46)/t20-,23+,25+,26+,27+,29-/m0/s1. The summed E-state index contributed by atoms with van der Waals surface area (Å²) in [6, 6.07) is -1.78. The number of rotatable bonds is 17. The van der Waals surface area contributed by atoms with Crippen molar-refractivity contribution in [2.45, 2.75) is 96.5 Å². The van der Waals surface area contributed by atoms with Crippen LogP contribution in [0.1, 0.15) is 86.4 Å². The van der Waals surface area contributed by atoms with Gasteiger partial charge >= 0.3 is 11.9 Å². The molecule has 276 valence electrons. The number of nitrogens with zero attached hydrogens (tertiary/aromatic N) is 4. The molecular weight excluding hydrogens is 701 g/mol. The molecule has 2 aromatic heterocycles. The van der Waals surface area contributed by atoms with Gasteiger partial charge in [0, 0.05) is 61.8 Å². The van der Waals surface area contributed by atoms with E-state index in [2.05, 4.69) is 25.5 Å². The van der Waals surface area contributed by atoms with Crippen molar-refractivity contribution in [1.29, 1.82) is 0 Å². The van der Waals surface area contributed by atoms with Crippen molar-refractivity contribution in [3.05, 3.63) is 32.7 Å². The molecule has 2 aromatic rings. The van der Waals surface area contributed by atoms with Crippen LogP contribution in [0, 0.1) is 17.8 Å². The van der Waals surface area contributed by atoms with Crippen molar-refractivity contribution in [3.63, 3.8) is 0 Å². The first-order chi connectivity index (χ1) is 23.7. The summed E-state index contributed by atoms with van der Waals surface area (Å²) in [5, 5.41) is 20.1. The molecule has 2 fully saturated rings. The maximum Gasteiger partial charge on any atom is 0.306 e. The average molecular weight is 751 g/mol. The van der Waals surface area contributed by atoms with Crippen LogP contribution in [-0.2, 0) is 30.3 Å².